The molecule has 0 aromatic carbocycles. The van der Waals surface area contributed by atoms with Gasteiger partial charge in [-0.1, -0.05) is 110 Å². The van der Waals surface area contributed by atoms with Gasteiger partial charge in [0.2, 0.25) is 0 Å². The molecule has 210 valence electrons. The highest BCUT2D eigenvalue weighted by Gasteiger charge is 2.26. The molecule has 0 aromatic rings. The quantitative estimate of drug-likeness (QED) is 0.0930. The third kappa shape index (κ3) is 9.35. The molecule has 1 unspecified atom stereocenters. The van der Waals surface area contributed by atoms with Gasteiger partial charge in [0.15, 0.2) is 0 Å². The molecule has 3 aliphatic rings. The summed E-state index contributed by atoms with van der Waals surface area (Å²) in [6.07, 6.45) is 35.1. The first-order valence-electron chi connectivity index (χ1n) is 15.1. The van der Waals surface area contributed by atoms with Gasteiger partial charge in [0.1, 0.15) is 12.0 Å². The molecule has 3 nitrogen and oxygen atoms in total. The van der Waals surface area contributed by atoms with Crippen LogP contribution in [0.5, 0.6) is 0 Å². The maximum atomic E-state index is 6.84. The van der Waals surface area contributed by atoms with E-state index >= 15 is 0 Å². The minimum atomic E-state index is -0.329. The summed E-state index contributed by atoms with van der Waals surface area (Å²) in [5.41, 5.74) is 13.4. The second-order valence-corrected chi connectivity index (χ2v) is 11.1. The molecule has 0 bridgehead atoms. The maximum Gasteiger partial charge on any atom is 0.129 e. The molecule has 0 radical (unpaired) electrons. The Balaban J connectivity index is 1.79. The fourth-order valence-electron chi connectivity index (χ4n) is 5.93. The van der Waals surface area contributed by atoms with Crippen LogP contribution in [0.4, 0.5) is 0 Å². The Morgan fingerprint density at radius 3 is 2.72 bits per heavy atom. The summed E-state index contributed by atoms with van der Waals surface area (Å²) < 4.78 is 0. The number of nitrogens with one attached hydrogen (secondary N) is 1. The van der Waals surface area contributed by atoms with Gasteiger partial charge in [0.25, 0.3) is 0 Å². The third-order valence-electron chi connectivity index (χ3n) is 8.18. The normalized spacial score (nSPS) is 25.6. The Morgan fingerprint density at radius 2 is 2.00 bits per heavy atom. The molecule has 0 aromatic heterocycles. The number of rotatable bonds is 11. The summed E-state index contributed by atoms with van der Waals surface area (Å²) in [4.78, 5) is 5.07. The van der Waals surface area contributed by atoms with Crippen LogP contribution in [0.15, 0.2) is 112 Å². The summed E-state index contributed by atoms with van der Waals surface area (Å²) in [6, 6.07) is 0. The molecule has 0 amide bonds. The van der Waals surface area contributed by atoms with E-state index in [-0.39, 0.29) is 6.17 Å². The number of allylic oxidation sites excluding steroid dienone is 12. The van der Waals surface area contributed by atoms with Crippen LogP contribution in [0.3, 0.4) is 0 Å². The molecule has 3 heteroatoms. The topological polar surface area (TPSA) is 50.4 Å². The van der Waals surface area contributed by atoms with E-state index in [0.717, 1.165) is 68.5 Å². The Kier molecular flexibility index (Phi) is 12.8. The third-order valence-corrected chi connectivity index (χ3v) is 8.18. The van der Waals surface area contributed by atoms with Crippen LogP contribution in [0.2, 0.25) is 0 Å². The maximum absolute atomic E-state index is 6.84. The van der Waals surface area contributed by atoms with E-state index in [9.17, 15) is 0 Å². The molecule has 3 rings (SSSR count). The van der Waals surface area contributed by atoms with Crippen LogP contribution in [0.25, 0.3) is 0 Å². The minimum absolute atomic E-state index is 0.329. The fourth-order valence-corrected chi connectivity index (χ4v) is 5.93. The van der Waals surface area contributed by atoms with Gasteiger partial charge in [0.05, 0.1) is 0 Å². The first-order valence-corrected chi connectivity index (χ1v) is 15.1. The van der Waals surface area contributed by atoms with Crippen LogP contribution in [-0.4, -0.2) is 18.5 Å². The van der Waals surface area contributed by atoms with Crippen molar-refractivity contribution in [1.29, 1.82) is 0 Å². The van der Waals surface area contributed by atoms with Gasteiger partial charge >= 0.3 is 0 Å². The van der Waals surface area contributed by atoms with Gasteiger partial charge in [0, 0.05) is 12.1 Å². The van der Waals surface area contributed by atoms with E-state index in [4.69, 9.17) is 10.7 Å². The lowest BCUT2D eigenvalue weighted by Crippen LogP contribution is -2.43. The Labute approximate surface area is 238 Å². The van der Waals surface area contributed by atoms with Gasteiger partial charge < -0.3 is 11.1 Å². The van der Waals surface area contributed by atoms with Crippen molar-refractivity contribution in [2.75, 3.05) is 6.54 Å². The number of hydrogen-bond acceptors (Lipinski definition) is 2. The average Bonchev–Trinajstić information content (AvgIpc) is 3.23. The monoisotopic (exact) mass is 525 g/mol. The van der Waals surface area contributed by atoms with Crippen molar-refractivity contribution < 1.29 is 0 Å². The van der Waals surface area contributed by atoms with E-state index in [1.165, 1.54) is 23.1 Å². The summed E-state index contributed by atoms with van der Waals surface area (Å²) in [7, 11) is 0. The highest BCUT2D eigenvalue weighted by Crippen LogP contribution is 2.38. The zero-order valence-electron chi connectivity index (χ0n) is 24.8. The molecular weight excluding hydrogens is 474 g/mol. The molecule has 3 aliphatic carbocycles. The second kappa shape index (κ2) is 16.3. The van der Waals surface area contributed by atoms with Gasteiger partial charge in [-0.05, 0) is 88.5 Å². The van der Waals surface area contributed by atoms with Crippen LogP contribution in [0.1, 0.15) is 79.1 Å². The number of amidine groups is 1. The molecule has 3 N–H and O–H groups in total. The molecule has 39 heavy (non-hydrogen) atoms. The largest absolute Gasteiger partial charge is 0.351 e. The van der Waals surface area contributed by atoms with Crippen molar-refractivity contribution in [2.24, 2.45) is 28.5 Å². The molecule has 0 heterocycles. The molecule has 0 spiro atoms. The molecule has 0 aliphatic heterocycles. The van der Waals surface area contributed by atoms with Crippen LogP contribution in [0, 0.1) is 17.8 Å². The van der Waals surface area contributed by atoms with E-state index in [1.807, 2.05) is 6.08 Å². The minimum Gasteiger partial charge on any atom is -0.351 e. The number of hydrogen-bond donors (Lipinski definition) is 2. The standard InChI is InChI=1S/C36H51N3/c1-6-16-30(7-2)34-22-14-13-21-33(34)28(5)26-31(8-3)35(37)39-36(32-19-11-9-10-12-20-32)38-24-23-29-18-15-17-27(4)25-29/h6,8,11,13-20,26-27,33-35H,1,7,9-10,12,21-25,37H2,2-5H3,(H,38,39)/b28-26?,30-16+,31-8?/t27-,33?,34-,35+/m1/s1. The van der Waals surface area contributed by atoms with E-state index in [2.05, 4.69) is 106 Å². The zero-order valence-corrected chi connectivity index (χ0v) is 24.8. The summed E-state index contributed by atoms with van der Waals surface area (Å²) >= 11 is 0. The number of nitrogens with two attached hydrogens (primary N) is 1. The highest BCUT2D eigenvalue weighted by atomic mass is 15.1. The lowest BCUT2D eigenvalue weighted by atomic mass is 9.73. The summed E-state index contributed by atoms with van der Waals surface area (Å²) in [5.74, 6) is 2.51. The van der Waals surface area contributed by atoms with E-state index in [0.29, 0.717) is 17.8 Å². The number of nitrogens with zero attached hydrogens (tertiary/aromatic N) is 1. The zero-order chi connectivity index (χ0) is 28.0. The Morgan fingerprint density at radius 1 is 1.21 bits per heavy atom. The van der Waals surface area contributed by atoms with E-state index in [1.54, 1.807) is 0 Å². The molecule has 0 saturated carbocycles. The van der Waals surface area contributed by atoms with Gasteiger partial charge in [-0.2, -0.15) is 0 Å². The van der Waals surface area contributed by atoms with Crippen molar-refractivity contribution in [2.45, 2.75) is 85.2 Å². The predicted molar refractivity (Wildman–Crippen MR) is 172 cm³/mol. The first-order chi connectivity index (χ1) is 19.0. The van der Waals surface area contributed by atoms with Crippen LogP contribution >= 0.6 is 0 Å². The van der Waals surface area contributed by atoms with Crippen LogP contribution in [-0.2, 0) is 0 Å². The Bertz CT molecular complexity index is 1100. The van der Waals surface area contributed by atoms with Crippen molar-refractivity contribution in [3.05, 3.63) is 107 Å². The second-order valence-electron chi connectivity index (χ2n) is 11.1. The summed E-state index contributed by atoms with van der Waals surface area (Å²) in [5, 5.41) is 3.61. The van der Waals surface area contributed by atoms with Crippen molar-refractivity contribution in [3.63, 3.8) is 0 Å². The van der Waals surface area contributed by atoms with E-state index < -0.39 is 0 Å². The average molecular weight is 526 g/mol. The first kappa shape index (κ1) is 30.6. The Hall–Kier alpha value is -2.91. The summed E-state index contributed by atoms with van der Waals surface area (Å²) in [6.45, 7) is 13.6. The molecule has 0 fully saturated rings. The van der Waals surface area contributed by atoms with Gasteiger partial charge in [-0.3, -0.25) is 4.99 Å². The lowest BCUT2D eigenvalue weighted by Gasteiger charge is -2.32. The fraction of sp³-hybridized carbons (Fsp3) is 0.472. The number of aliphatic imine (C=N–C) groups is 1. The highest BCUT2D eigenvalue weighted by molar-refractivity contribution is 6.01. The SMILES string of the molecule is C=C/C=C(\CC)[C@H]1CC=CCC1C(C)=CC(=CC)[C@@H](N)NC(=NCCC1=CC=C[C@@H](C)C1)C1=CCCCC=C1. The molecular formula is C36H51N3. The molecule has 4 atom stereocenters. The van der Waals surface area contributed by atoms with Crippen molar-refractivity contribution >= 4 is 5.84 Å². The predicted octanol–water partition coefficient (Wildman–Crippen LogP) is 8.84. The smallest absolute Gasteiger partial charge is 0.129 e. The van der Waals surface area contributed by atoms with Crippen molar-refractivity contribution in [1.82, 2.24) is 5.32 Å². The lowest BCUT2D eigenvalue weighted by molar-refractivity contribution is 0.413. The van der Waals surface area contributed by atoms with Gasteiger partial charge in [-0.15, -0.1) is 0 Å². The van der Waals surface area contributed by atoms with Gasteiger partial charge in [-0.25, -0.2) is 0 Å². The van der Waals surface area contributed by atoms with Crippen LogP contribution < -0.4 is 11.1 Å². The van der Waals surface area contributed by atoms with Crippen molar-refractivity contribution in [3.8, 4) is 0 Å². The molecule has 0 saturated heterocycles.